The van der Waals surface area contributed by atoms with Crippen molar-refractivity contribution < 1.29 is 13.6 Å². The lowest BCUT2D eigenvalue weighted by Crippen LogP contribution is -2.47. The predicted octanol–water partition coefficient (Wildman–Crippen LogP) is 1.55. The topological polar surface area (TPSA) is 41.1 Å². The maximum atomic E-state index is 14.0. The number of hydrogen-bond donors (Lipinski definition) is 2. The summed E-state index contributed by atoms with van der Waals surface area (Å²) in [5.74, 6) is -1.40. The second-order valence-electron chi connectivity index (χ2n) is 5.36. The van der Waals surface area contributed by atoms with Crippen molar-refractivity contribution in [2.75, 3.05) is 19.6 Å². The van der Waals surface area contributed by atoms with Crippen molar-refractivity contribution in [3.05, 3.63) is 35.4 Å². The summed E-state index contributed by atoms with van der Waals surface area (Å²) in [5.41, 5.74) is -0.153. The highest BCUT2D eigenvalue weighted by Crippen LogP contribution is 2.45. The zero-order valence-electron chi connectivity index (χ0n) is 10.5. The molecule has 2 fully saturated rings. The number of nitrogens with one attached hydrogen (secondary N) is 2. The lowest BCUT2D eigenvalue weighted by atomic mass is 9.69. The number of piperidine rings is 1. The van der Waals surface area contributed by atoms with Gasteiger partial charge in [-0.1, -0.05) is 6.07 Å². The summed E-state index contributed by atoms with van der Waals surface area (Å²) in [5, 5.41) is 6.05. The Morgan fingerprint density at radius 1 is 1.32 bits per heavy atom. The van der Waals surface area contributed by atoms with Crippen molar-refractivity contribution >= 4 is 5.91 Å². The zero-order valence-corrected chi connectivity index (χ0v) is 10.5. The van der Waals surface area contributed by atoms with Crippen LogP contribution in [0.5, 0.6) is 0 Å². The predicted molar refractivity (Wildman–Crippen MR) is 66.6 cm³/mol. The molecule has 2 aliphatic rings. The standard InChI is InChI=1S/C14H16F2N2O/c15-9-2-3-10(12(16)6-9)11-7-18-13(19)14(11)4-1-5-17-8-14/h2-3,6,11,17H,1,4-5,7-8H2,(H,18,19). The van der Waals surface area contributed by atoms with Gasteiger partial charge in [-0.25, -0.2) is 8.78 Å². The second-order valence-corrected chi connectivity index (χ2v) is 5.36. The first-order valence-electron chi connectivity index (χ1n) is 6.57. The lowest BCUT2D eigenvalue weighted by molar-refractivity contribution is -0.129. The molecule has 19 heavy (non-hydrogen) atoms. The number of hydrogen-bond acceptors (Lipinski definition) is 2. The van der Waals surface area contributed by atoms with Gasteiger partial charge in [0, 0.05) is 25.1 Å². The summed E-state index contributed by atoms with van der Waals surface area (Å²) in [7, 11) is 0. The minimum Gasteiger partial charge on any atom is -0.355 e. The van der Waals surface area contributed by atoms with E-state index in [-0.39, 0.29) is 11.8 Å². The Kier molecular flexibility index (Phi) is 3.01. The molecule has 5 heteroatoms. The molecule has 0 radical (unpaired) electrons. The van der Waals surface area contributed by atoms with Gasteiger partial charge in [0.25, 0.3) is 0 Å². The highest BCUT2D eigenvalue weighted by Gasteiger charge is 2.51. The average molecular weight is 266 g/mol. The normalized spacial score (nSPS) is 30.6. The Morgan fingerprint density at radius 2 is 2.16 bits per heavy atom. The molecule has 1 spiro atoms. The van der Waals surface area contributed by atoms with Gasteiger partial charge >= 0.3 is 0 Å². The summed E-state index contributed by atoms with van der Waals surface area (Å²) < 4.78 is 27.0. The molecule has 2 unspecified atom stereocenters. The quantitative estimate of drug-likeness (QED) is 0.809. The van der Waals surface area contributed by atoms with Gasteiger partial charge in [0.15, 0.2) is 0 Å². The Balaban J connectivity index is 2.01. The van der Waals surface area contributed by atoms with E-state index in [9.17, 15) is 13.6 Å². The lowest BCUT2D eigenvalue weighted by Gasteiger charge is -2.36. The van der Waals surface area contributed by atoms with Crippen LogP contribution in [0.15, 0.2) is 18.2 Å². The number of carbonyl (C=O) groups is 1. The molecule has 0 aliphatic carbocycles. The Hall–Kier alpha value is -1.49. The summed E-state index contributed by atoms with van der Waals surface area (Å²) in [6.07, 6.45) is 1.64. The SMILES string of the molecule is O=C1NCC(c2ccc(F)cc2F)C12CCCNC2. The smallest absolute Gasteiger partial charge is 0.228 e. The van der Waals surface area contributed by atoms with Gasteiger partial charge in [-0.15, -0.1) is 0 Å². The van der Waals surface area contributed by atoms with E-state index in [0.29, 0.717) is 18.7 Å². The molecule has 1 amide bonds. The van der Waals surface area contributed by atoms with Crippen molar-refractivity contribution in [3.63, 3.8) is 0 Å². The van der Waals surface area contributed by atoms with E-state index in [1.165, 1.54) is 12.1 Å². The maximum Gasteiger partial charge on any atom is 0.228 e. The molecule has 2 atom stereocenters. The largest absolute Gasteiger partial charge is 0.355 e. The van der Waals surface area contributed by atoms with Gasteiger partial charge in [0.1, 0.15) is 11.6 Å². The molecule has 1 aromatic rings. The summed E-state index contributed by atoms with van der Waals surface area (Å²) >= 11 is 0. The van der Waals surface area contributed by atoms with Crippen LogP contribution < -0.4 is 10.6 Å². The first-order valence-corrected chi connectivity index (χ1v) is 6.57. The van der Waals surface area contributed by atoms with Crippen molar-refractivity contribution in [2.24, 2.45) is 5.41 Å². The molecule has 1 aromatic carbocycles. The molecule has 2 saturated heterocycles. The molecular weight excluding hydrogens is 250 g/mol. The molecule has 3 nitrogen and oxygen atoms in total. The highest BCUT2D eigenvalue weighted by atomic mass is 19.1. The van der Waals surface area contributed by atoms with Crippen LogP contribution in [0.2, 0.25) is 0 Å². The third-order valence-corrected chi connectivity index (χ3v) is 4.34. The monoisotopic (exact) mass is 266 g/mol. The molecule has 0 bridgehead atoms. The van der Waals surface area contributed by atoms with Gasteiger partial charge in [0.2, 0.25) is 5.91 Å². The van der Waals surface area contributed by atoms with Crippen LogP contribution in [0, 0.1) is 17.0 Å². The molecule has 2 aliphatic heterocycles. The molecule has 0 aromatic heterocycles. The summed E-state index contributed by atoms with van der Waals surface area (Å²) in [6, 6.07) is 3.61. The fraction of sp³-hybridized carbons (Fsp3) is 0.500. The van der Waals surface area contributed by atoms with Gasteiger partial charge < -0.3 is 10.6 Å². The molecular formula is C14H16F2N2O. The number of carbonyl (C=O) groups excluding carboxylic acids is 1. The second kappa shape index (κ2) is 4.56. The molecule has 2 heterocycles. The number of benzene rings is 1. The van der Waals surface area contributed by atoms with Gasteiger partial charge in [0.05, 0.1) is 5.41 Å². The Bertz CT molecular complexity index is 512. The van der Waals surface area contributed by atoms with Crippen molar-refractivity contribution in [1.82, 2.24) is 10.6 Å². The van der Waals surface area contributed by atoms with Crippen molar-refractivity contribution in [2.45, 2.75) is 18.8 Å². The van der Waals surface area contributed by atoms with E-state index in [4.69, 9.17) is 0 Å². The number of halogens is 2. The van der Waals surface area contributed by atoms with Gasteiger partial charge in [-0.2, -0.15) is 0 Å². The van der Waals surface area contributed by atoms with Crippen molar-refractivity contribution in [3.8, 4) is 0 Å². The van der Waals surface area contributed by atoms with E-state index in [1.54, 1.807) is 0 Å². The van der Waals surface area contributed by atoms with E-state index in [0.717, 1.165) is 25.5 Å². The van der Waals surface area contributed by atoms with Crippen LogP contribution in [0.3, 0.4) is 0 Å². The van der Waals surface area contributed by atoms with Crippen LogP contribution in [-0.2, 0) is 4.79 Å². The van der Waals surface area contributed by atoms with Crippen LogP contribution in [0.25, 0.3) is 0 Å². The molecule has 0 saturated carbocycles. The third-order valence-electron chi connectivity index (χ3n) is 4.34. The van der Waals surface area contributed by atoms with E-state index in [2.05, 4.69) is 10.6 Å². The van der Waals surface area contributed by atoms with Gasteiger partial charge in [-0.3, -0.25) is 4.79 Å². The zero-order chi connectivity index (χ0) is 13.5. The van der Waals surface area contributed by atoms with Crippen LogP contribution >= 0.6 is 0 Å². The summed E-state index contributed by atoms with van der Waals surface area (Å²) in [6.45, 7) is 1.86. The average Bonchev–Trinajstić information content (AvgIpc) is 2.69. The van der Waals surface area contributed by atoms with Crippen LogP contribution in [0.1, 0.15) is 24.3 Å². The van der Waals surface area contributed by atoms with E-state index >= 15 is 0 Å². The number of amides is 1. The first kappa shape index (κ1) is 12.5. The fourth-order valence-corrected chi connectivity index (χ4v) is 3.34. The molecule has 2 N–H and O–H groups in total. The molecule has 102 valence electrons. The van der Waals surface area contributed by atoms with E-state index in [1.807, 2.05) is 0 Å². The van der Waals surface area contributed by atoms with Crippen LogP contribution in [-0.4, -0.2) is 25.5 Å². The first-order chi connectivity index (χ1) is 9.13. The van der Waals surface area contributed by atoms with Gasteiger partial charge in [-0.05, 0) is 31.0 Å². The Morgan fingerprint density at radius 3 is 2.84 bits per heavy atom. The third kappa shape index (κ3) is 1.92. The number of rotatable bonds is 1. The van der Waals surface area contributed by atoms with Crippen molar-refractivity contribution in [1.29, 1.82) is 0 Å². The minimum atomic E-state index is -0.589. The maximum absolute atomic E-state index is 14.0. The minimum absolute atomic E-state index is 0.0200. The molecule has 3 rings (SSSR count). The highest BCUT2D eigenvalue weighted by molar-refractivity contribution is 5.87. The van der Waals surface area contributed by atoms with E-state index < -0.39 is 17.0 Å². The van der Waals surface area contributed by atoms with Crippen LogP contribution in [0.4, 0.5) is 8.78 Å². The Labute approximate surface area is 110 Å². The summed E-state index contributed by atoms with van der Waals surface area (Å²) in [4.78, 5) is 12.2. The fourth-order valence-electron chi connectivity index (χ4n) is 3.34.